The molecule has 0 radical (unpaired) electrons. The molecule has 0 aliphatic heterocycles. The summed E-state index contributed by atoms with van der Waals surface area (Å²) in [4.78, 5) is 14.3. The number of allylic oxidation sites excluding steroid dienone is 2. The van der Waals surface area contributed by atoms with Crippen molar-refractivity contribution in [2.75, 3.05) is 6.54 Å². The van der Waals surface area contributed by atoms with Crippen molar-refractivity contribution in [2.45, 2.75) is 108 Å². The molecule has 0 fully saturated rings. The van der Waals surface area contributed by atoms with Crippen LogP contribution in [-0.2, 0) is 14.9 Å². The van der Waals surface area contributed by atoms with Gasteiger partial charge in [-0.05, 0) is 44.4 Å². The Labute approximate surface area is 239 Å². The molecule has 176 valence electrons. The fourth-order valence-electron chi connectivity index (χ4n) is 3.10. The fraction of sp³-hybridized carbons (Fsp3) is 0.818. The molecule has 0 heterocycles. The molecular weight excluding hydrogens is 452 g/mol. The van der Waals surface area contributed by atoms with Gasteiger partial charge in [0.25, 0.3) is 10.1 Å². The smallest absolute Gasteiger partial charge is 0.862 e. The normalized spacial score (nSPS) is 12.9. The van der Waals surface area contributed by atoms with Crippen LogP contribution in [0.25, 0.3) is 0 Å². The molecule has 0 bridgehead atoms. The van der Waals surface area contributed by atoms with Crippen LogP contribution in [0.5, 0.6) is 0 Å². The summed E-state index contributed by atoms with van der Waals surface area (Å²) in [6.45, 7) is 2.46. The van der Waals surface area contributed by atoms with E-state index in [-0.39, 0.29) is 65.7 Å². The van der Waals surface area contributed by atoms with Gasteiger partial charge in [-0.3, -0.25) is 4.55 Å². The molecule has 1 atom stereocenters. The zero-order chi connectivity index (χ0) is 22.7. The Kier molecular flexibility index (Phi) is 28.7. The SMILES string of the molecule is CCCCCCCCC=CCCCCCCCCN=C([O-])CC(C(=O)[O-])S(=O)(=O)O.[Na+].[Na+]. The van der Waals surface area contributed by atoms with E-state index in [4.69, 9.17) is 4.55 Å². The number of carboxylic acid groups (broad SMARTS) is 1. The molecule has 0 spiro atoms. The second-order valence-electron chi connectivity index (χ2n) is 7.74. The molecule has 0 amide bonds. The van der Waals surface area contributed by atoms with Crippen LogP contribution in [0.1, 0.15) is 103 Å². The standard InChI is InChI=1S/C22H41NO6S.2Na/c1-2-3-4-5-6-7-8-9-10-11-12-13-14-15-16-17-18-23-21(24)19-20(22(25)26)30(27,28)29;;/h9-10,20H,2-8,11-19H2,1H3,(H,23,24)(H,25,26)(H,27,28,29);;/q;2*+1/p-2. The van der Waals surface area contributed by atoms with Gasteiger partial charge in [-0.15, -0.1) is 0 Å². The zero-order valence-electron chi connectivity index (χ0n) is 20.4. The van der Waals surface area contributed by atoms with E-state index in [9.17, 15) is 23.4 Å². The first-order valence-electron chi connectivity index (χ1n) is 11.3. The first-order valence-corrected chi connectivity index (χ1v) is 12.8. The number of carboxylic acids is 1. The van der Waals surface area contributed by atoms with Crippen molar-refractivity contribution in [1.29, 1.82) is 0 Å². The molecule has 0 saturated heterocycles. The number of aliphatic carboxylic acids is 1. The summed E-state index contributed by atoms with van der Waals surface area (Å²) in [5.74, 6) is -2.85. The summed E-state index contributed by atoms with van der Waals surface area (Å²) in [7, 11) is -4.87. The topological polar surface area (TPSA) is 130 Å². The molecule has 0 aliphatic rings. The predicted molar refractivity (Wildman–Crippen MR) is 117 cm³/mol. The number of aliphatic imine (C=N–C) groups is 1. The number of carbonyl (C=O) groups excluding carboxylic acids is 1. The third-order valence-corrected chi connectivity index (χ3v) is 6.02. The fourth-order valence-corrected chi connectivity index (χ4v) is 3.69. The van der Waals surface area contributed by atoms with Crippen molar-refractivity contribution in [3.05, 3.63) is 12.2 Å². The van der Waals surface area contributed by atoms with E-state index in [1.54, 1.807) is 0 Å². The van der Waals surface area contributed by atoms with Crippen molar-refractivity contribution in [3.63, 3.8) is 0 Å². The third kappa shape index (κ3) is 23.7. The summed E-state index contributed by atoms with van der Waals surface area (Å²) in [6.07, 6.45) is 20.1. The molecule has 32 heavy (non-hydrogen) atoms. The molecule has 1 N–H and O–H groups in total. The van der Waals surface area contributed by atoms with Gasteiger partial charge in [0.15, 0.2) is 0 Å². The quantitative estimate of drug-likeness (QED) is 0.0489. The van der Waals surface area contributed by atoms with Gasteiger partial charge >= 0.3 is 59.1 Å². The van der Waals surface area contributed by atoms with Crippen molar-refractivity contribution in [3.8, 4) is 0 Å². The van der Waals surface area contributed by atoms with E-state index in [0.29, 0.717) is 6.42 Å². The van der Waals surface area contributed by atoms with Gasteiger partial charge in [0.1, 0.15) is 5.25 Å². The number of hydrogen-bond donors (Lipinski definition) is 1. The van der Waals surface area contributed by atoms with Gasteiger partial charge in [-0.1, -0.05) is 76.9 Å². The van der Waals surface area contributed by atoms with Crippen LogP contribution in [0.3, 0.4) is 0 Å². The molecule has 0 aliphatic carbocycles. The monoisotopic (exact) mass is 491 g/mol. The van der Waals surface area contributed by atoms with Gasteiger partial charge in [0, 0.05) is 6.54 Å². The average Bonchev–Trinajstić information content (AvgIpc) is 2.67. The minimum absolute atomic E-state index is 0. The van der Waals surface area contributed by atoms with Crippen molar-refractivity contribution < 1.29 is 87.1 Å². The largest absolute Gasteiger partial charge is 1.00 e. The number of unbranched alkanes of at least 4 members (excludes halogenated alkanes) is 12. The minimum Gasteiger partial charge on any atom is -0.862 e. The second-order valence-corrected chi connectivity index (χ2v) is 9.34. The van der Waals surface area contributed by atoms with E-state index in [0.717, 1.165) is 25.7 Å². The Balaban J connectivity index is -0.00000420. The molecular formula is C22H39NNa2O6S. The summed E-state index contributed by atoms with van der Waals surface area (Å²) < 4.78 is 30.5. The molecule has 0 aromatic carbocycles. The number of nitrogens with zero attached hydrogens (tertiary/aromatic N) is 1. The van der Waals surface area contributed by atoms with Gasteiger partial charge < -0.3 is 20.0 Å². The van der Waals surface area contributed by atoms with Crippen LogP contribution >= 0.6 is 0 Å². The maximum Gasteiger partial charge on any atom is 1.00 e. The van der Waals surface area contributed by atoms with Crippen LogP contribution in [-0.4, -0.2) is 36.6 Å². The third-order valence-electron chi connectivity index (χ3n) is 4.94. The van der Waals surface area contributed by atoms with Crippen LogP contribution in [0, 0.1) is 0 Å². The van der Waals surface area contributed by atoms with Crippen LogP contribution in [0.4, 0.5) is 0 Å². The Morgan fingerprint density at radius 3 is 1.72 bits per heavy atom. The molecule has 0 aromatic heterocycles. The number of hydrogen-bond acceptors (Lipinski definition) is 6. The molecule has 7 nitrogen and oxygen atoms in total. The summed E-state index contributed by atoms with van der Waals surface area (Å²) in [5.41, 5.74) is 0. The summed E-state index contributed by atoms with van der Waals surface area (Å²) in [6, 6.07) is 0. The van der Waals surface area contributed by atoms with Crippen LogP contribution in [0.15, 0.2) is 17.1 Å². The maximum absolute atomic E-state index is 11.5. The predicted octanol–water partition coefficient (Wildman–Crippen LogP) is -2.81. The Morgan fingerprint density at radius 1 is 0.844 bits per heavy atom. The summed E-state index contributed by atoms with van der Waals surface area (Å²) in [5, 5.41) is 19.9. The molecule has 1 unspecified atom stereocenters. The number of rotatable bonds is 20. The first kappa shape index (κ1) is 37.1. The van der Waals surface area contributed by atoms with Gasteiger partial charge in [0.05, 0.1) is 5.97 Å². The Morgan fingerprint density at radius 2 is 1.28 bits per heavy atom. The average molecular weight is 492 g/mol. The van der Waals surface area contributed by atoms with E-state index < -0.39 is 33.7 Å². The van der Waals surface area contributed by atoms with Crippen LogP contribution in [0.2, 0.25) is 0 Å². The van der Waals surface area contributed by atoms with E-state index in [1.807, 2.05) is 0 Å². The summed E-state index contributed by atoms with van der Waals surface area (Å²) >= 11 is 0. The molecule has 10 heteroatoms. The van der Waals surface area contributed by atoms with Crippen molar-refractivity contribution in [2.24, 2.45) is 4.99 Å². The Bertz CT molecular complexity index is 612. The molecule has 0 saturated carbocycles. The van der Waals surface area contributed by atoms with E-state index in [2.05, 4.69) is 24.1 Å². The van der Waals surface area contributed by atoms with Crippen molar-refractivity contribution >= 4 is 22.0 Å². The van der Waals surface area contributed by atoms with E-state index in [1.165, 1.54) is 57.8 Å². The first-order chi connectivity index (χ1) is 14.3. The second kappa shape index (κ2) is 24.7. The molecule has 0 aromatic rings. The van der Waals surface area contributed by atoms with Gasteiger partial charge in [-0.2, -0.15) is 8.42 Å². The van der Waals surface area contributed by atoms with Crippen LogP contribution < -0.4 is 69.3 Å². The van der Waals surface area contributed by atoms with Crippen molar-refractivity contribution in [1.82, 2.24) is 0 Å². The Hall–Kier alpha value is 0.590. The zero-order valence-corrected chi connectivity index (χ0v) is 25.2. The number of carbonyl (C=O) groups is 1. The maximum atomic E-state index is 11.5. The van der Waals surface area contributed by atoms with Gasteiger partial charge in [-0.25, -0.2) is 0 Å². The molecule has 0 rings (SSSR count). The van der Waals surface area contributed by atoms with E-state index >= 15 is 0 Å². The minimum atomic E-state index is -4.87. The van der Waals surface area contributed by atoms with Gasteiger partial charge in [0.2, 0.25) is 0 Å².